The third-order valence-electron chi connectivity index (χ3n) is 5.24. The highest BCUT2D eigenvalue weighted by atomic mass is 16.5. The maximum atomic E-state index is 13.0. The Bertz CT molecular complexity index is 1150. The van der Waals surface area contributed by atoms with E-state index in [9.17, 15) is 19.8 Å². The van der Waals surface area contributed by atoms with E-state index in [1.54, 1.807) is 48.5 Å². The maximum absolute atomic E-state index is 13.0. The van der Waals surface area contributed by atoms with Crippen molar-refractivity contribution in [2.24, 2.45) is 0 Å². The van der Waals surface area contributed by atoms with E-state index in [1.165, 1.54) is 23.3 Å². The summed E-state index contributed by atoms with van der Waals surface area (Å²) < 4.78 is 11.0. The van der Waals surface area contributed by atoms with Crippen LogP contribution in [0.25, 0.3) is 5.76 Å². The molecule has 7 heteroatoms. The van der Waals surface area contributed by atoms with Crippen LogP contribution in [0.15, 0.2) is 76.9 Å². The molecule has 2 aromatic carbocycles. The Morgan fingerprint density at radius 1 is 1.09 bits per heavy atom. The molecule has 2 heterocycles. The number of phenolic OH excluding ortho intramolecular Hbond substituents is 1. The van der Waals surface area contributed by atoms with Crippen LogP contribution in [0, 0.1) is 0 Å². The van der Waals surface area contributed by atoms with Crippen molar-refractivity contribution >= 4 is 17.4 Å². The second kappa shape index (κ2) is 9.01. The molecule has 0 radical (unpaired) electrons. The van der Waals surface area contributed by atoms with Crippen LogP contribution in [-0.4, -0.2) is 33.4 Å². The van der Waals surface area contributed by atoms with E-state index in [0.717, 1.165) is 6.42 Å². The molecule has 0 spiro atoms. The monoisotopic (exact) mass is 433 g/mol. The van der Waals surface area contributed by atoms with Gasteiger partial charge in [0, 0.05) is 5.56 Å². The minimum absolute atomic E-state index is 0.0279. The van der Waals surface area contributed by atoms with Crippen molar-refractivity contribution < 1.29 is 29.0 Å². The van der Waals surface area contributed by atoms with Crippen molar-refractivity contribution in [3.8, 4) is 11.5 Å². The number of carbonyl (C=O) groups excluding carboxylic acids is 2. The molecule has 1 aliphatic heterocycles. The molecule has 4 rings (SSSR count). The van der Waals surface area contributed by atoms with E-state index < -0.39 is 17.7 Å². The van der Waals surface area contributed by atoms with Crippen LogP contribution in [0.4, 0.5) is 0 Å². The molecule has 7 nitrogen and oxygen atoms in total. The highest BCUT2D eigenvalue weighted by Gasteiger charge is 2.46. The van der Waals surface area contributed by atoms with Gasteiger partial charge in [-0.05, 0) is 48.4 Å². The Balaban J connectivity index is 1.81. The molecule has 1 aliphatic rings. The zero-order valence-electron chi connectivity index (χ0n) is 17.5. The number of benzene rings is 2. The van der Waals surface area contributed by atoms with Crippen molar-refractivity contribution in [2.45, 2.75) is 25.9 Å². The molecule has 1 unspecified atom stereocenters. The number of amides is 1. The van der Waals surface area contributed by atoms with Gasteiger partial charge < -0.3 is 24.3 Å². The van der Waals surface area contributed by atoms with Gasteiger partial charge >= 0.3 is 0 Å². The van der Waals surface area contributed by atoms with E-state index in [1.807, 2.05) is 6.92 Å². The minimum Gasteiger partial charge on any atom is -0.508 e. The van der Waals surface area contributed by atoms with E-state index in [0.29, 0.717) is 29.2 Å². The number of nitrogens with zero attached hydrogens (tertiary/aromatic N) is 1. The number of carbonyl (C=O) groups is 2. The largest absolute Gasteiger partial charge is 0.508 e. The standard InChI is InChI=1S/C25H23NO6/c1-2-12-31-19-6-3-5-17(14-19)23(28)21-22(16-8-10-18(27)11-9-16)26(25(30)24(21)29)15-20-7-4-13-32-20/h3-11,13-14,22,27-28H,2,12,15H2,1H3. The van der Waals surface area contributed by atoms with Crippen LogP contribution in [-0.2, 0) is 16.1 Å². The number of likely N-dealkylation sites (tertiary alicyclic amines) is 1. The summed E-state index contributed by atoms with van der Waals surface area (Å²) in [5.41, 5.74) is 0.923. The molecule has 1 aromatic heterocycles. The van der Waals surface area contributed by atoms with Gasteiger partial charge in [-0.15, -0.1) is 0 Å². The van der Waals surface area contributed by atoms with Gasteiger partial charge in [0.25, 0.3) is 11.7 Å². The Kier molecular flexibility index (Phi) is 5.98. The first kappa shape index (κ1) is 21.2. The van der Waals surface area contributed by atoms with Crippen molar-refractivity contribution in [1.82, 2.24) is 4.90 Å². The molecule has 0 bridgehead atoms. The third-order valence-corrected chi connectivity index (χ3v) is 5.24. The van der Waals surface area contributed by atoms with Crippen LogP contribution >= 0.6 is 0 Å². The van der Waals surface area contributed by atoms with Gasteiger partial charge in [-0.3, -0.25) is 9.59 Å². The molecule has 1 fully saturated rings. The van der Waals surface area contributed by atoms with E-state index in [4.69, 9.17) is 9.15 Å². The molecule has 164 valence electrons. The number of aromatic hydroxyl groups is 1. The van der Waals surface area contributed by atoms with Gasteiger partial charge in [-0.25, -0.2) is 0 Å². The Morgan fingerprint density at radius 2 is 1.88 bits per heavy atom. The lowest BCUT2D eigenvalue weighted by molar-refractivity contribution is -0.140. The zero-order valence-corrected chi connectivity index (χ0v) is 17.5. The lowest BCUT2D eigenvalue weighted by Gasteiger charge is -2.24. The van der Waals surface area contributed by atoms with Crippen LogP contribution in [0.5, 0.6) is 11.5 Å². The number of phenols is 1. The summed E-state index contributed by atoms with van der Waals surface area (Å²) in [4.78, 5) is 27.4. The average molecular weight is 433 g/mol. The van der Waals surface area contributed by atoms with Crippen molar-refractivity contribution in [3.63, 3.8) is 0 Å². The summed E-state index contributed by atoms with van der Waals surface area (Å²) in [6.07, 6.45) is 2.32. The molecule has 2 N–H and O–H groups in total. The molecular weight excluding hydrogens is 410 g/mol. The molecule has 0 aliphatic carbocycles. The second-order valence-corrected chi connectivity index (χ2v) is 7.47. The molecule has 32 heavy (non-hydrogen) atoms. The maximum Gasteiger partial charge on any atom is 0.296 e. The summed E-state index contributed by atoms with van der Waals surface area (Å²) in [6, 6.07) is 15.5. The van der Waals surface area contributed by atoms with Gasteiger partial charge in [0.2, 0.25) is 0 Å². The van der Waals surface area contributed by atoms with Crippen molar-refractivity contribution in [1.29, 1.82) is 0 Å². The first-order valence-electron chi connectivity index (χ1n) is 10.3. The van der Waals surface area contributed by atoms with Crippen LogP contribution < -0.4 is 4.74 Å². The lowest BCUT2D eigenvalue weighted by atomic mass is 9.95. The fraction of sp³-hybridized carbons (Fsp3) is 0.200. The predicted molar refractivity (Wildman–Crippen MR) is 117 cm³/mol. The second-order valence-electron chi connectivity index (χ2n) is 7.47. The quantitative estimate of drug-likeness (QED) is 0.326. The van der Waals surface area contributed by atoms with Crippen molar-refractivity contribution in [3.05, 3.63) is 89.4 Å². The summed E-state index contributed by atoms with van der Waals surface area (Å²) >= 11 is 0. The van der Waals surface area contributed by atoms with E-state index >= 15 is 0 Å². The fourth-order valence-corrected chi connectivity index (χ4v) is 3.73. The lowest BCUT2D eigenvalue weighted by Crippen LogP contribution is -2.29. The predicted octanol–water partition coefficient (Wildman–Crippen LogP) is 4.40. The van der Waals surface area contributed by atoms with Crippen LogP contribution in [0.1, 0.15) is 36.3 Å². The summed E-state index contributed by atoms with van der Waals surface area (Å²) in [5.74, 6) is -0.693. The zero-order chi connectivity index (χ0) is 22.7. The summed E-state index contributed by atoms with van der Waals surface area (Å²) in [5, 5.41) is 20.8. The van der Waals surface area contributed by atoms with E-state index in [2.05, 4.69) is 0 Å². The number of aliphatic hydroxyl groups is 1. The summed E-state index contributed by atoms with van der Waals surface area (Å²) in [6.45, 7) is 2.56. The highest BCUT2D eigenvalue weighted by molar-refractivity contribution is 6.46. The van der Waals surface area contributed by atoms with Crippen LogP contribution in [0.3, 0.4) is 0 Å². The van der Waals surface area contributed by atoms with Gasteiger partial charge in [-0.2, -0.15) is 0 Å². The topological polar surface area (TPSA) is 100 Å². The SMILES string of the molecule is CCCOc1cccc(C(O)=C2C(=O)C(=O)N(Cc3ccco3)C2c2ccc(O)cc2)c1. The molecule has 0 saturated carbocycles. The smallest absolute Gasteiger partial charge is 0.296 e. The average Bonchev–Trinajstić information content (AvgIpc) is 3.40. The molecule has 3 aromatic rings. The van der Waals surface area contributed by atoms with Crippen LogP contribution in [0.2, 0.25) is 0 Å². The van der Waals surface area contributed by atoms with Crippen molar-refractivity contribution in [2.75, 3.05) is 6.61 Å². The van der Waals surface area contributed by atoms with Gasteiger partial charge in [-0.1, -0.05) is 31.2 Å². The molecular formula is C25H23NO6. The summed E-state index contributed by atoms with van der Waals surface area (Å²) in [7, 11) is 0. The normalized spacial score (nSPS) is 17.7. The van der Waals surface area contributed by atoms with Gasteiger partial charge in [0.1, 0.15) is 23.0 Å². The number of furan rings is 1. The number of hydrogen-bond acceptors (Lipinski definition) is 6. The highest BCUT2D eigenvalue weighted by Crippen LogP contribution is 2.41. The molecule has 1 atom stereocenters. The number of aliphatic hydroxyl groups excluding tert-OH is 1. The minimum atomic E-state index is -0.846. The number of rotatable bonds is 7. The number of ketones is 1. The van der Waals surface area contributed by atoms with Gasteiger partial charge in [0.05, 0.1) is 31.0 Å². The van der Waals surface area contributed by atoms with Gasteiger partial charge in [0.15, 0.2) is 0 Å². The third kappa shape index (κ3) is 4.09. The number of Topliss-reactive ketones (excluding diaryl/α,β-unsaturated/α-hetero) is 1. The molecule has 1 amide bonds. The van der Waals surface area contributed by atoms with E-state index in [-0.39, 0.29) is 23.6 Å². The Labute approximate surface area is 185 Å². The Hall–Kier alpha value is -4.00. The molecule has 1 saturated heterocycles. The first-order chi connectivity index (χ1) is 15.5. The number of ether oxygens (including phenoxy) is 1. The number of hydrogen-bond donors (Lipinski definition) is 2. The Morgan fingerprint density at radius 3 is 2.56 bits per heavy atom. The fourth-order valence-electron chi connectivity index (χ4n) is 3.73. The first-order valence-corrected chi connectivity index (χ1v) is 10.3.